The van der Waals surface area contributed by atoms with Gasteiger partial charge in [-0.05, 0) is 121 Å². The lowest BCUT2D eigenvalue weighted by Gasteiger charge is -2.12. The zero-order valence-corrected chi connectivity index (χ0v) is 30.4. The number of hydrogen-bond donors (Lipinski definition) is 4. The van der Waals surface area contributed by atoms with Crippen LogP contribution in [0.25, 0.3) is 32.7 Å². The topological polar surface area (TPSA) is 182 Å². The predicted octanol–water partition coefficient (Wildman–Crippen LogP) is 10.5. The van der Waals surface area contributed by atoms with Crippen LogP contribution in [-0.2, 0) is 20.2 Å². The molecule has 0 fully saturated rings. The number of nitrogens with zero attached hydrogens (tertiary/aromatic N) is 4. The van der Waals surface area contributed by atoms with E-state index in [1.165, 1.54) is 24.3 Å². The number of benzene rings is 6. The summed E-state index contributed by atoms with van der Waals surface area (Å²) in [4.78, 5) is -0.455. The largest absolute Gasteiger partial charge is 0.384 e. The number of fused-ring (bicyclic) bond motifs is 2. The van der Waals surface area contributed by atoms with Gasteiger partial charge in [-0.1, -0.05) is 36.4 Å². The highest BCUT2D eigenvalue weighted by molar-refractivity contribution is 7.86. The maximum Gasteiger partial charge on any atom is 0.294 e. The smallest absolute Gasteiger partial charge is 0.294 e. The molecule has 0 amide bonds. The maximum atomic E-state index is 11.9. The molecule has 266 valence electrons. The second-order valence-corrected chi connectivity index (χ2v) is 14.9. The number of azo groups is 2. The Morgan fingerprint density at radius 1 is 0.519 bits per heavy atom. The standard InChI is InChI=1S/C38H36N6O6S2/c1-5-39-35-17-9-25-7-13-29(51(45,46)47)21-31(25)37(35)43-41-33-15-11-27(19-23(33)3)28-12-16-34(24(4)20-28)42-44-38-32-22-30(52(48,49)50)14-8-26(32)10-18-36(38)40-6-2/h7-22,39-40H,5-6H2,1-4H3,(H,45,46,47)(H,48,49,50). The fourth-order valence-electron chi connectivity index (χ4n) is 5.87. The first-order valence-corrected chi connectivity index (χ1v) is 19.3. The molecule has 0 aromatic heterocycles. The second-order valence-electron chi connectivity index (χ2n) is 12.1. The minimum atomic E-state index is -4.41. The highest BCUT2D eigenvalue weighted by atomic mass is 32.2. The van der Waals surface area contributed by atoms with E-state index in [-0.39, 0.29) is 9.79 Å². The molecule has 0 atom stereocenters. The van der Waals surface area contributed by atoms with E-state index in [0.717, 1.165) is 33.0 Å². The van der Waals surface area contributed by atoms with Gasteiger partial charge in [-0.25, -0.2) is 0 Å². The zero-order valence-electron chi connectivity index (χ0n) is 28.8. The van der Waals surface area contributed by atoms with Crippen molar-refractivity contribution in [2.45, 2.75) is 37.5 Å². The summed E-state index contributed by atoms with van der Waals surface area (Å²) in [7, 11) is -8.83. The van der Waals surface area contributed by atoms with Crippen LogP contribution in [0.3, 0.4) is 0 Å². The van der Waals surface area contributed by atoms with Gasteiger partial charge in [0.25, 0.3) is 20.2 Å². The Morgan fingerprint density at radius 2 is 0.904 bits per heavy atom. The first kappa shape index (κ1) is 36.3. The Labute approximate surface area is 301 Å². The van der Waals surface area contributed by atoms with Gasteiger partial charge in [-0.2, -0.15) is 27.1 Å². The highest BCUT2D eigenvalue weighted by Crippen LogP contribution is 2.39. The summed E-state index contributed by atoms with van der Waals surface area (Å²) >= 11 is 0. The highest BCUT2D eigenvalue weighted by Gasteiger charge is 2.16. The monoisotopic (exact) mass is 736 g/mol. The van der Waals surface area contributed by atoms with Crippen molar-refractivity contribution >= 4 is 75.9 Å². The molecule has 6 aromatic rings. The van der Waals surface area contributed by atoms with Crippen LogP contribution in [0, 0.1) is 13.8 Å². The minimum Gasteiger partial charge on any atom is -0.384 e. The summed E-state index contributed by atoms with van der Waals surface area (Å²) in [6.45, 7) is 8.95. The molecular weight excluding hydrogens is 701 g/mol. The molecule has 0 unspecified atom stereocenters. The third-order valence-electron chi connectivity index (χ3n) is 8.50. The first-order valence-electron chi connectivity index (χ1n) is 16.4. The van der Waals surface area contributed by atoms with Crippen molar-refractivity contribution in [1.82, 2.24) is 0 Å². The molecule has 14 heteroatoms. The Bertz CT molecular complexity index is 2460. The SMILES string of the molecule is CCNc1ccc2ccc(S(=O)(=O)O)cc2c1N=Nc1ccc(-c2ccc(N=Nc3c(NCC)ccc4ccc(S(=O)(=O)O)cc34)c(C)c2)cc1C. The molecule has 6 aromatic carbocycles. The van der Waals surface area contributed by atoms with Crippen molar-refractivity contribution in [3.8, 4) is 11.1 Å². The molecule has 12 nitrogen and oxygen atoms in total. The quantitative estimate of drug-likeness (QED) is 0.0748. The van der Waals surface area contributed by atoms with Gasteiger partial charge in [0, 0.05) is 23.9 Å². The van der Waals surface area contributed by atoms with E-state index >= 15 is 0 Å². The average Bonchev–Trinajstić information content (AvgIpc) is 3.10. The molecule has 0 radical (unpaired) electrons. The average molecular weight is 737 g/mol. The van der Waals surface area contributed by atoms with Crippen molar-refractivity contribution < 1.29 is 25.9 Å². The van der Waals surface area contributed by atoms with E-state index in [1.807, 2.05) is 88.4 Å². The third kappa shape index (κ3) is 7.70. The summed E-state index contributed by atoms with van der Waals surface area (Å²) in [5.41, 5.74) is 7.12. The summed E-state index contributed by atoms with van der Waals surface area (Å²) in [5.74, 6) is 0. The molecule has 0 aliphatic rings. The normalized spacial score (nSPS) is 12.3. The van der Waals surface area contributed by atoms with Gasteiger partial charge in [0.1, 0.15) is 11.4 Å². The Balaban J connectivity index is 1.30. The van der Waals surface area contributed by atoms with Crippen LogP contribution in [-0.4, -0.2) is 39.0 Å². The molecule has 0 aliphatic carbocycles. The summed E-state index contributed by atoms with van der Waals surface area (Å²) in [6.07, 6.45) is 0. The molecule has 52 heavy (non-hydrogen) atoms. The fraction of sp³-hybridized carbons (Fsp3) is 0.158. The Morgan fingerprint density at radius 3 is 1.25 bits per heavy atom. The lowest BCUT2D eigenvalue weighted by atomic mass is 10.0. The third-order valence-corrected chi connectivity index (χ3v) is 10.2. The van der Waals surface area contributed by atoms with E-state index in [1.54, 1.807) is 12.1 Å². The number of nitrogens with one attached hydrogen (secondary N) is 2. The first-order chi connectivity index (χ1) is 24.8. The summed E-state index contributed by atoms with van der Waals surface area (Å²) in [6, 6.07) is 27.7. The van der Waals surface area contributed by atoms with E-state index in [2.05, 4.69) is 31.1 Å². The van der Waals surface area contributed by atoms with Crippen molar-refractivity contribution in [3.05, 3.63) is 108 Å². The van der Waals surface area contributed by atoms with E-state index in [0.29, 0.717) is 58.0 Å². The molecule has 4 N–H and O–H groups in total. The lowest BCUT2D eigenvalue weighted by molar-refractivity contribution is 0.481. The van der Waals surface area contributed by atoms with Crippen molar-refractivity contribution in [3.63, 3.8) is 0 Å². The van der Waals surface area contributed by atoms with Crippen molar-refractivity contribution in [2.24, 2.45) is 20.5 Å². The predicted molar refractivity (Wildman–Crippen MR) is 206 cm³/mol. The van der Waals surface area contributed by atoms with Crippen molar-refractivity contribution in [2.75, 3.05) is 23.7 Å². The van der Waals surface area contributed by atoms with Gasteiger partial charge < -0.3 is 10.6 Å². The van der Waals surface area contributed by atoms with E-state index in [4.69, 9.17) is 0 Å². The molecule has 0 saturated carbocycles. The zero-order chi connectivity index (χ0) is 37.2. The van der Waals surface area contributed by atoms with Gasteiger partial charge in [-0.3, -0.25) is 9.11 Å². The lowest BCUT2D eigenvalue weighted by Crippen LogP contribution is -1.99. The van der Waals surface area contributed by atoms with Gasteiger partial charge in [0.2, 0.25) is 0 Å². The van der Waals surface area contributed by atoms with Gasteiger partial charge in [0.05, 0.1) is 32.5 Å². The van der Waals surface area contributed by atoms with Gasteiger partial charge >= 0.3 is 0 Å². The molecule has 0 aliphatic heterocycles. The number of aryl methyl sites for hydroxylation is 2. The molecule has 6 rings (SSSR count). The molecular formula is C38H36N6O6S2. The number of hydrogen-bond acceptors (Lipinski definition) is 10. The maximum absolute atomic E-state index is 11.9. The molecule has 0 bridgehead atoms. The number of anilines is 2. The Hall–Kier alpha value is -5.54. The van der Waals surface area contributed by atoms with Crippen LogP contribution in [0.15, 0.2) is 127 Å². The van der Waals surface area contributed by atoms with Gasteiger partial charge in [0.15, 0.2) is 0 Å². The summed E-state index contributed by atoms with van der Waals surface area (Å²) in [5, 5.41) is 27.2. The van der Waals surface area contributed by atoms with E-state index < -0.39 is 20.2 Å². The Kier molecular flexibility index (Phi) is 10.2. The van der Waals surface area contributed by atoms with Crippen LogP contribution in [0.2, 0.25) is 0 Å². The van der Waals surface area contributed by atoms with Crippen LogP contribution in [0.4, 0.5) is 34.1 Å². The fourth-order valence-corrected chi connectivity index (χ4v) is 6.88. The number of rotatable bonds is 11. The summed E-state index contributed by atoms with van der Waals surface area (Å²) < 4.78 is 66.8. The van der Waals surface area contributed by atoms with Crippen LogP contribution >= 0.6 is 0 Å². The van der Waals surface area contributed by atoms with Crippen molar-refractivity contribution in [1.29, 1.82) is 0 Å². The second kappa shape index (κ2) is 14.6. The molecule has 0 saturated heterocycles. The van der Waals surface area contributed by atoms with Gasteiger partial charge in [-0.15, -0.1) is 10.2 Å². The minimum absolute atomic E-state index is 0.227. The molecule has 0 heterocycles. The van der Waals surface area contributed by atoms with Crippen LogP contribution in [0.5, 0.6) is 0 Å². The molecule has 0 spiro atoms. The van der Waals surface area contributed by atoms with Crippen LogP contribution < -0.4 is 10.6 Å². The van der Waals surface area contributed by atoms with Crippen LogP contribution in [0.1, 0.15) is 25.0 Å². The van der Waals surface area contributed by atoms with E-state index in [9.17, 15) is 25.9 Å².